The zero-order valence-corrected chi connectivity index (χ0v) is 41.2. The summed E-state index contributed by atoms with van der Waals surface area (Å²) in [5.74, 6) is 0. The van der Waals surface area contributed by atoms with Crippen LogP contribution >= 0.6 is 0 Å². The smallest absolute Gasteiger partial charge is 0.333 e. The van der Waals surface area contributed by atoms with E-state index in [1.807, 2.05) is 0 Å². The standard InChI is InChI=1S/C62H61BN2O/c1-34-28-45-46(61(10,11)27-26-60(45,8)9)33-50(34)65-49-25-23-39-38-19-15-17-21-51(38)66-57(39)52(49)43-32-41-37-18-14-16-20-44(37)62(12,13)53(41)56-54(43)63(65)47-31-36(59(5,6)7)30-42-40-29-35(58(2,3)4)22-24-48(40)64(56)55(42)47/h14-25,28-33H,26-27H2,1-13H3. The Morgan fingerprint density at radius 3 is 2.00 bits per heavy atom. The fourth-order valence-electron chi connectivity index (χ4n) is 13.2. The van der Waals surface area contributed by atoms with Crippen LogP contribution in [0.3, 0.4) is 0 Å². The molecule has 4 heteroatoms. The van der Waals surface area contributed by atoms with Crippen molar-refractivity contribution < 1.29 is 4.42 Å². The van der Waals surface area contributed by atoms with E-state index in [0.29, 0.717) is 0 Å². The van der Waals surface area contributed by atoms with Gasteiger partial charge in [0, 0.05) is 49.6 Å². The number of fused-ring (bicyclic) bond motifs is 16. The highest BCUT2D eigenvalue weighted by atomic mass is 16.3. The molecule has 2 aliphatic heterocycles. The Morgan fingerprint density at radius 2 is 1.26 bits per heavy atom. The van der Waals surface area contributed by atoms with Crippen LogP contribution in [0.4, 0.5) is 11.4 Å². The second kappa shape index (κ2) is 12.5. The van der Waals surface area contributed by atoms with Crippen LogP contribution < -0.4 is 15.7 Å². The lowest BCUT2D eigenvalue weighted by Crippen LogP contribution is -2.61. The quantitative estimate of drug-likeness (QED) is 0.153. The first-order valence-electron chi connectivity index (χ1n) is 24.5. The van der Waals surface area contributed by atoms with Crippen molar-refractivity contribution in [3.63, 3.8) is 0 Å². The molecule has 0 fully saturated rings. The average molecular weight is 861 g/mol. The van der Waals surface area contributed by atoms with E-state index < -0.39 is 0 Å². The van der Waals surface area contributed by atoms with Crippen LogP contribution in [-0.2, 0) is 27.1 Å². The molecule has 66 heavy (non-hydrogen) atoms. The number of benzene rings is 7. The van der Waals surface area contributed by atoms with Gasteiger partial charge in [0.2, 0.25) is 0 Å². The maximum absolute atomic E-state index is 7.19. The summed E-state index contributed by atoms with van der Waals surface area (Å²) in [6.45, 7) is 31.3. The number of rotatable bonds is 1. The van der Waals surface area contributed by atoms with Crippen LogP contribution in [0.2, 0.25) is 0 Å². The molecule has 0 saturated carbocycles. The maximum atomic E-state index is 7.19. The number of aromatic nitrogens is 1. The first-order chi connectivity index (χ1) is 31.2. The molecule has 13 rings (SSSR count). The Balaban J connectivity index is 1.28. The van der Waals surface area contributed by atoms with Gasteiger partial charge in [-0.05, 0) is 157 Å². The van der Waals surface area contributed by atoms with Gasteiger partial charge in [0.15, 0.2) is 0 Å². The van der Waals surface area contributed by atoms with Crippen LogP contribution in [0.1, 0.15) is 135 Å². The van der Waals surface area contributed by atoms with E-state index >= 15 is 0 Å². The molecule has 0 saturated heterocycles. The normalized spacial score (nSPS) is 17.3. The van der Waals surface area contributed by atoms with Crippen molar-refractivity contribution in [2.45, 2.75) is 130 Å². The van der Waals surface area contributed by atoms with Gasteiger partial charge in [0.05, 0.1) is 11.0 Å². The Hall–Kier alpha value is -6.00. The highest BCUT2D eigenvalue weighted by Gasteiger charge is 2.51. The number of furan rings is 1. The highest BCUT2D eigenvalue weighted by Crippen LogP contribution is 2.58. The Labute approximate surface area is 390 Å². The summed E-state index contributed by atoms with van der Waals surface area (Å²) in [6.07, 6.45) is 2.35. The molecule has 9 aromatic rings. The lowest BCUT2D eigenvalue weighted by molar-refractivity contribution is 0.332. The third kappa shape index (κ3) is 5.06. The molecule has 0 atom stereocenters. The molecule has 7 aromatic carbocycles. The van der Waals surface area contributed by atoms with E-state index in [1.165, 1.54) is 117 Å². The molecular weight excluding hydrogens is 800 g/mol. The molecule has 0 N–H and O–H groups in total. The summed E-state index contributed by atoms with van der Waals surface area (Å²) in [6, 6.07) is 42.9. The lowest BCUT2D eigenvalue weighted by atomic mass is 9.43. The lowest BCUT2D eigenvalue weighted by Gasteiger charge is -2.46. The minimum atomic E-state index is -0.258. The predicted octanol–water partition coefficient (Wildman–Crippen LogP) is 15.5. The van der Waals surface area contributed by atoms with Crippen molar-refractivity contribution in [1.29, 1.82) is 0 Å². The van der Waals surface area contributed by atoms with Gasteiger partial charge in [-0.1, -0.05) is 144 Å². The van der Waals surface area contributed by atoms with E-state index in [2.05, 4.69) is 209 Å². The molecule has 328 valence electrons. The first-order valence-corrected chi connectivity index (χ1v) is 24.5. The van der Waals surface area contributed by atoms with E-state index in [4.69, 9.17) is 4.42 Å². The maximum Gasteiger partial charge on any atom is 0.333 e. The van der Waals surface area contributed by atoms with E-state index in [-0.39, 0.29) is 33.9 Å². The van der Waals surface area contributed by atoms with Gasteiger partial charge in [0.1, 0.15) is 11.2 Å². The third-order valence-corrected chi connectivity index (χ3v) is 17.0. The number of anilines is 2. The van der Waals surface area contributed by atoms with Gasteiger partial charge in [0.25, 0.3) is 0 Å². The topological polar surface area (TPSA) is 21.3 Å². The zero-order valence-electron chi connectivity index (χ0n) is 41.2. The fraction of sp³-hybridized carbons (Fsp3) is 0.323. The molecule has 4 aliphatic rings. The van der Waals surface area contributed by atoms with Crippen molar-refractivity contribution in [2.75, 3.05) is 4.81 Å². The van der Waals surface area contributed by atoms with E-state index in [0.717, 1.165) is 28.4 Å². The van der Waals surface area contributed by atoms with Gasteiger partial charge < -0.3 is 13.8 Å². The van der Waals surface area contributed by atoms with Crippen LogP contribution in [0.25, 0.3) is 71.7 Å². The first kappa shape index (κ1) is 40.3. The highest BCUT2D eigenvalue weighted by molar-refractivity contribution is 6.94. The third-order valence-electron chi connectivity index (χ3n) is 17.0. The van der Waals surface area contributed by atoms with Gasteiger partial charge in [-0.3, -0.25) is 0 Å². The molecule has 2 aliphatic carbocycles. The largest absolute Gasteiger partial charge is 0.455 e. The summed E-state index contributed by atoms with van der Waals surface area (Å²) in [7, 11) is 0. The summed E-state index contributed by atoms with van der Waals surface area (Å²) < 4.78 is 9.92. The number of aryl methyl sites for hydroxylation is 1. The summed E-state index contributed by atoms with van der Waals surface area (Å²) in [5.41, 5.74) is 25.9. The van der Waals surface area contributed by atoms with Gasteiger partial charge in [-0.25, -0.2) is 0 Å². The molecule has 2 aromatic heterocycles. The second-order valence-corrected chi connectivity index (χ2v) is 24.5. The monoisotopic (exact) mass is 860 g/mol. The number of hydrogen-bond acceptors (Lipinski definition) is 2. The molecule has 0 unspecified atom stereocenters. The number of hydrogen-bond donors (Lipinski definition) is 0. The minimum Gasteiger partial charge on any atom is -0.455 e. The number of para-hydroxylation sites is 1. The predicted molar refractivity (Wildman–Crippen MR) is 282 cm³/mol. The Morgan fingerprint density at radius 1 is 0.576 bits per heavy atom. The molecule has 4 heterocycles. The van der Waals surface area contributed by atoms with Crippen molar-refractivity contribution in [3.05, 3.63) is 148 Å². The SMILES string of the molecule is Cc1cc2c(cc1N1B3c4c(cc5c(c4-n4c6ccc(C(C)(C)C)cc6c6cc(C(C)(C)C)cc3c64)C(C)(C)c3ccccc3-5)-c3c1ccc1c3oc3ccccc31)C(C)(C)CCC2(C)C. The molecule has 0 spiro atoms. The van der Waals surface area contributed by atoms with Gasteiger partial charge in [-0.2, -0.15) is 0 Å². The molecule has 0 bridgehead atoms. The van der Waals surface area contributed by atoms with Crippen molar-refractivity contribution in [1.82, 2.24) is 4.57 Å². The van der Waals surface area contributed by atoms with Crippen molar-refractivity contribution >= 4 is 72.9 Å². The van der Waals surface area contributed by atoms with Gasteiger partial charge >= 0.3 is 6.85 Å². The molecular formula is C62H61BN2O. The zero-order chi connectivity index (χ0) is 45.9. The molecule has 0 amide bonds. The fourth-order valence-corrected chi connectivity index (χ4v) is 13.2. The Bertz CT molecular complexity index is 3670. The molecule has 0 radical (unpaired) electrons. The van der Waals surface area contributed by atoms with Crippen LogP contribution in [0.5, 0.6) is 0 Å². The van der Waals surface area contributed by atoms with Crippen LogP contribution in [0, 0.1) is 6.92 Å². The summed E-state index contributed by atoms with van der Waals surface area (Å²) in [5, 5.41) is 5.01. The minimum absolute atomic E-state index is 0.00259. The Kier molecular flexibility index (Phi) is 7.63. The van der Waals surface area contributed by atoms with E-state index in [9.17, 15) is 0 Å². The van der Waals surface area contributed by atoms with E-state index in [1.54, 1.807) is 0 Å². The summed E-state index contributed by atoms with van der Waals surface area (Å²) in [4.78, 5) is 2.78. The average Bonchev–Trinajstić information content (AvgIpc) is 3.89. The number of nitrogens with zero attached hydrogens (tertiary/aromatic N) is 2. The van der Waals surface area contributed by atoms with Crippen molar-refractivity contribution in [3.8, 4) is 27.9 Å². The van der Waals surface area contributed by atoms with Crippen molar-refractivity contribution in [2.24, 2.45) is 0 Å². The van der Waals surface area contributed by atoms with Crippen LogP contribution in [-0.4, -0.2) is 11.4 Å². The van der Waals surface area contributed by atoms with Crippen LogP contribution in [0.15, 0.2) is 114 Å². The van der Waals surface area contributed by atoms with Gasteiger partial charge in [-0.15, -0.1) is 0 Å². The summed E-state index contributed by atoms with van der Waals surface area (Å²) >= 11 is 0. The molecule has 3 nitrogen and oxygen atoms in total. The second-order valence-electron chi connectivity index (χ2n) is 24.5.